The second kappa shape index (κ2) is 14.6. The predicted octanol–water partition coefficient (Wildman–Crippen LogP) is 2.07. The average molecular weight is 294 g/mol. The molecule has 0 fully saturated rings. The van der Waals surface area contributed by atoms with E-state index in [0.717, 1.165) is 25.7 Å². The molecule has 0 heterocycles. The Labute approximate surface area is 121 Å². The van der Waals surface area contributed by atoms with Crippen LogP contribution in [0.5, 0.6) is 0 Å². The second-order valence-corrected chi connectivity index (χ2v) is 5.78. The van der Waals surface area contributed by atoms with E-state index >= 15 is 0 Å². The lowest BCUT2D eigenvalue weighted by molar-refractivity contribution is 0.0447. The van der Waals surface area contributed by atoms with Crippen LogP contribution in [0, 0.1) is 0 Å². The van der Waals surface area contributed by atoms with Gasteiger partial charge in [0.2, 0.25) is 0 Å². The third kappa shape index (κ3) is 14.4. The Hall–Kier alpha value is 0.190. The van der Waals surface area contributed by atoms with Crippen molar-refractivity contribution < 1.29 is 19.7 Å². The lowest BCUT2D eigenvalue weighted by Crippen LogP contribution is -2.22. The highest BCUT2D eigenvalue weighted by Crippen LogP contribution is 2.07. The molecule has 0 aliphatic carbocycles. The molecule has 0 aliphatic heterocycles. The minimum atomic E-state index is -0.449. The van der Waals surface area contributed by atoms with Gasteiger partial charge in [0.25, 0.3) is 0 Å². The molecule has 116 valence electrons. The van der Waals surface area contributed by atoms with Gasteiger partial charge in [-0.15, -0.1) is 0 Å². The molecule has 0 aromatic heterocycles. The van der Waals surface area contributed by atoms with Gasteiger partial charge in [0.15, 0.2) is 0 Å². The third-order valence-corrected chi connectivity index (χ3v) is 3.77. The summed E-state index contributed by atoms with van der Waals surface area (Å²) in [5, 5.41) is 19.3. The number of thioether (sulfide) groups is 1. The fourth-order valence-electron chi connectivity index (χ4n) is 1.37. The van der Waals surface area contributed by atoms with Crippen LogP contribution in [0.3, 0.4) is 0 Å². The first-order valence-corrected chi connectivity index (χ1v) is 8.45. The van der Waals surface area contributed by atoms with Crippen LogP contribution in [0.2, 0.25) is 0 Å². The molecule has 0 spiro atoms. The van der Waals surface area contributed by atoms with Crippen molar-refractivity contribution in [1.29, 1.82) is 0 Å². The van der Waals surface area contributed by atoms with Crippen molar-refractivity contribution in [3.8, 4) is 0 Å². The molecule has 0 saturated carbocycles. The summed E-state index contributed by atoms with van der Waals surface area (Å²) in [4.78, 5) is 0. The van der Waals surface area contributed by atoms with Crippen LogP contribution in [0.25, 0.3) is 0 Å². The Morgan fingerprint density at radius 3 is 1.63 bits per heavy atom. The van der Waals surface area contributed by atoms with Crippen molar-refractivity contribution in [1.82, 2.24) is 0 Å². The summed E-state index contributed by atoms with van der Waals surface area (Å²) in [5.74, 6) is 1.19. The van der Waals surface area contributed by atoms with Crippen molar-refractivity contribution in [2.45, 2.75) is 51.7 Å². The molecular formula is C14H30O4S. The second-order valence-electron chi connectivity index (χ2n) is 4.70. The molecule has 5 heteroatoms. The summed E-state index contributed by atoms with van der Waals surface area (Å²) in [6.07, 6.45) is 3.39. The maximum atomic E-state index is 9.65. The summed E-state index contributed by atoms with van der Waals surface area (Å²) in [7, 11) is 0. The average Bonchev–Trinajstić information content (AvgIpc) is 2.40. The molecule has 0 aromatic carbocycles. The van der Waals surface area contributed by atoms with Gasteiger partial charge < -0.3 is 19.7 Å². The molecule has 0 amide bonds. The van der Waals surface area contributed by atoms with Crippen LogP contribution in [0.15, 0.2) is 0 Å². The molecule has 2 N–H and O–H groups in total. The normalized spacial score (nSPS) is 14.5. The summed E-state index contributed by atoms with van der Waals surface area (Å²) in [6, 6.07) is 0. The van der Waals surface area contributed by atoms with E-state index in [2.05, 4.69) is 13.8 Å². The predicted molar refractivity (Wildman–Crippen MR) is 80.8 cm³/mol. The molecule has 0 aliphatic rings. The Balaban J connectivity index is 3.30. The molecule has 19 heavy (non-hydrogen) atoms. The van der Waals surface area contributed by atoms with Crippen LogP contribution in [-0.4, -0.2) is 60.4 Å². The van der Waals surface area contributed by atoms with Gasteiger partial charge in [-0.3, -0.25) is 0 Å². The Kier molecular flexibility index (Phi) is 14.7. The molecule has 0 radical (unpaired) electrons. The molecular weight excluding hydrogens is 264 g/mol. The highest BCUT2D eigenvalue weighted by atomic mass is 32.2. The van der Waals surface area contributed by atoms with Crippen LogP contribution >= 0.6 is 11.8 Å². The van der Waals surface area contributed by atoms with Crippen molar-refractivity contribution in [3.63, 3.8) is 0 Å². The monoisotopic (exact) mass is 294 g/mol. The number of aliphatic hydroxyl groups is 2. The van der Waals surface area contributed by atoms with E-state index in [1.54, 1.807) is 0 Å². The van der Waals surface area contributed by atoms with Crippen molar-refractivity contribution >= 4 is 11.8 Å². The molecule has 0 bridgehead atoms. The number of hydrogen-bond acceptors (Lipinski definition) is 5. The molecule has 2 atom stereocenters. The van der Waals surface area contributed by atoms with Crippen molar-refractivity contribution in [3.05, 3.63) is 0 Å². The quantitative estimate of drug-likeness (QED) is 0.480. The molecule has 2 unspecified atom stereocenters. The minimum absolute atomic E-state index is 0.385. The van der Waals surface area contributed by atoms with Crippen molar-refractivity contribution in [2.75, 3.05) is 37.9 Å². The standard InChI is InChI=1S/C14H30O4S/c1-3-5-7-17-9-13(15)11-19-12-14(16)10-18-8-6-4-2/h13-16H,3-12H2,1-2H3. The number of hydrogen-bond donors (Lipinski definition) is 2. The van der Waals surface area contributed by atoms with E-state index in [0.29, 0.717) is 37.9 Å². The smallest absolute Gasteiger partial charge is 0.0863 e. The number of unbranched alkanes of at least 4 members (excludes halogenated alkanes) is 2. The molecule has 0 rings (SSSR count). The Morgan fingerprint density at radius 2 is 1.26 bits per heavy atom. The van der Waals surface area contributed by atoms with Crippen LogP contribution in [-0.2, 0) is 9.47 Å². The van der Waals surface area contributed by atoms with Gasteiger partial charge in [-0.2, -0.15) is 11.8 Å². The summed E-state index contributed by atoms with van der Waals surface area (Å²) < 4.78 is 10.7. The summed E-state index contributed by atoms with van der Waals surface area (Å²) >= 11 is 1.54. The van der Waals surface area contributed by atoms with Gasteiger partial charge in [0, 0.05) is 24.7 Å². The lowest BCUT2D eigenvalue weighted by atomic mass is 10.3. The van der Waals surface area contributed by atoms with Gasteiger partial charge in [0.05, 0.1) is 25.4 Å². The van der Waals surface area contributed by atoms with E-state index < -0.39 is 12.2 Å². The molecule has 0 saturated heterocycles. The van der Waals surface area contributed by atoms with Crippen LogP contribution < -0.4 is 0 Å². The van der Waals surface area contributed by atoms with Gasteiger partial charge in [-0.25, -0.2) is 0 Å². The van der Waals surface area contributed by atoms with Crippen molar-refractivity contribution in [2.24, 2.45) is 0 Å². The molecule has 0 aromatic rings. The zero-order valence-corrected chi connectivity index (χ0v) is 13.2. The van der Waals surface area contributed by atoms with Crippen LogP contribution in [0.1, 0.15) is 39.5 Å². The fourth-order valence-corrected chi connectivity index (χ4v) is 2.24. The van der Waals surface area contributed by atoms with Gasteiger partial charge in [0.1, 0.15) is 0 Å². The van der Waals surface area contributed by atoms with Gasteiger partial charge >= 0.3 is 0 Å². The Morgan fingerprint density at radius 1 is 0.842 bits per heavy atom. The van der Waals surface area contributed by atoms with E-state index in [4.69, 9.17) is 9.47 Å². The van der Waals surface area contributed by atoms with E-state index in [-0.39, 0.29) is 0 Å². The zero-order valence-electron chi connectivity index (χ0n) is 12.3. The van der Waals surface area contributed by atoms with Crippen LogP contribution in [0.4, 0.5) is 0 Å². The topological polar surface area (TPSA) is 58.9 Å². The number of rotatable bonds is 14. The van der Waals surface area contributed by atoms with E-state index in [9.17, 15) is 10.2 Å². The highest BCUT2D eigenvalue weighted by Gasteiger charge is 2.08. The van der Waals surface area contributed by atoms with Gasteiger partial charge in [-0.1, -0.05) is 26.7 Å². The maximum absolute atomic E-state index is 9.65. The maximum Gasteiger partial charge on any atom is 0.0863 e. The third-order valence-electron chi connectivity index (χ3n) is 2.53. The zero-order chi connectivity index (χ0) is 14.3. The summed E-state index contributed by atoms with van der Waals surface area (Å²) in [6.45, 7) is 6.42. The highest BCUT2D eigenvalue weighted by molar-refractivity contribution is 7.99. The minimum Gasteiger partial charge on any atom is -0.390 e. The van der Waals surface area contributed by atoms with E-state index in [1.807, 2.05) is 0 Å². The number of aliphatic hydroxyl groups excluding tert-OH is 2. The largest absolute Gasteiger partial charge is 0.390 e. The lowest BCUT2D eigenvalue weighted by Gasteiger charge is -2.13. The van der Waals surface area contributed by atoms with E-state index in [1.165, 1.54) is 11.8 Å². The summed E-state index contributed by atoms with van der Waals surface area (Å²) in [5.41, 5.74) is 0. The first-order valence-electron chi connectivity index (χ1n) is 7.30. The first-order chi connectivity index (χ1) is 9.20. The first kappa shape index (κ1) is 19.2. The number of ether oxygens (including phenoxy) is 2. The van der Waals surface area contributed by atoms with Gasteiger partial charge in [-0.05, 0) is 12.8 Å². The Bertz CT molecular complexity index is 163. The fraction of sp³-hybridized carbons (Fsp3) is 1.00. The molecule has 4 nitrogen and oxygen atoms in total. The SMILES string of the molecule is CCCCOCC(O)CSCC(O)COCCCC.